The largest absolute Gasteiger partial charge is 0.466 e. The topological polar surface area (TPSA) is 94.1 Å². The van der Waals surface area contributed by atoms with Crippen molar-refractivity contribution in [3.05, 3.63) is 70.4 Å². The van der Waals surface area contributed by atoms with E-state index in [-0.39, 0.29) is 11.6 Å². The summed E-state index contributed by atoms with van der Waals surface area (Å²) in [5.74, 6) is 1.12. The van der Waals surface area contributed by atoms with Gasteiger partial charge < -0.3 is 14.3 Å². The molecule has 0 saturated carbocycles. The van der Waals surface area contributed by atoms with Gasteiger partial charge >= 0.3 is 0 Å². The number of hydrogen-bond acceptors (Lipinski definition) is 6. The van der Waals surface area contributed by atoms with E-state index >= 15 is 0 Å². The number of anilines is 1. The molecule has 0 saturated heterocycles. The molecule has 0 aliphatic rings. The Morgan fingerprint density at radius 2 is 1.97 bits per heavy atom. The number of amides is 1. The van der Waals surface area contributed by atoms with Gasteiger partial charge in [-0.2, -0.15) is 0 Å². The standard InChI is InChI=1S/C23H17ClN4O3/c1-11-7-16(13(3)30-11)18-10-17(20-12(2)28-31-23(20)27-18)22(29)26-19-9-15(24)8-14-5-4-6-25-21(14)19/h4-10H,1-3H3,(H,26,29). The van der Waals surface area contributed by atoms with Crippen molar-refractivity contribution in [1.82, 2.24) is 15.1 Å². The van der Waals surface area contributed by atoms with Gasteiger partial charge in [0, 0.05) is 22.2 Å². The van der Waals surface area contributed by atoms with E-state index in [2.05, 4.69) is 20.4 Å². The van der Waals surface area contributed by atoms with Crippen LogP contribution < -0.4 is 5.32 Å². The second-order valence-electron chi connectivity index (χ2n) is 7.31. The minimum atomic E-state index is -0.341. The van der Waals surface area contributed by atoms with Crippen LogP contribution in [0.4, 0.5) is 5.69 Å². The molecule has 1 aromatic carbocycles. The lowest BCUT2D eigenvalue weighted by atomic mass is 10.0. The average Bonchev–Trinajstić information content (AvgIpc) is 3.28. The van der Waals surface area contributed by atoms with Crippen LogP contribution in [0, 0.1) is 20.8 Å². The van der Waals surface area contributed by atoms with Crippen LogP contribution in [0.2, 0.25) is 5.02 Å². The molecule has 0 fully saturated rings. The van der Waals surface area contributed by atoms with Gasteiger partial charge in [-0.3, -0.25) is 9.78 Å². The third-order valence-electron chi connectivity index (χ3n) is 5.10. The lowest BCUT2D eigenvalue weighted by molar-refractivity contribution is 0.102. The van der Waals surface area contributed by atoms with Gasteiger partial charge in [-0.05, 0) is 51.1 Å². The summed E-state index contributed by atoms with van der Waals surface area (Å²) in [6, 6.07) is 10.8. The van der Waals surface area contributed by atoms with Crippen molar-refractivity contribution >= 4 is 45.2 Å². The van der Waals surface area contributed by atoms with Crippen LogP contribution in [-0.4, -0.2) is 21.0 Å². The monoisotopic (exact) mass is 432 g/mol. The molecule has 0 aliphatic heterocycles. The lowest BCUT2D eigenvalue weighted by Gasteiger charge is -2.10. The number of pyridine rings is 2. The van der Waals surface area contributed by atoms with Gasteiger partial charge in [-0.25, -0.2) is 4.98 Å². The number of nitrogens with one attached hydrogen (secondary N) is 1. The number of aromatic nitrogens is 3. The van der Waals surface area contributed by atoms with E-state index in [0.717, 1.165) is 16.7 Å². The molecule has 5 aromatic rings. The van der Waals surface area contributed by atoms with E-state index in [1.807, 2.05) is 32.0 Å². The highest BCUT2D eigenvalue weighted by Gasteiger charge is 2.22. The van der Waals surface area contributed by atoms with Crippen molar-refractivity contribution < 1.29 is 13.7 Å². The molecular weight excluding hydrogens is 416 g/mol. The van der Waals surface area contributed by atoms with Gasteiger partial charge in [0.2, 0.25) is 0 Å². The van der Waals surface area contributed by atoms with Crippen LogP contribution >= 0.6 is 11.6 Å². The third-order valence-corrected chi connectivity index (χ3v) is 5.31. The summed E-state index contributed by atoms with van der Waals surface area (Å²) < 4.78 is 11.0. The zero-order chi connectivity index (χ0) is 21.7. The van der Waals surface area contributed by atoms with E-state index < -0.39 is 0 Å². The number of furan rings is 1. The first-order valence-electron chi connectivity index (χ1n) is 9.61. The highest BCUT2D eigenvalue weighted by Crippen LogP contribution is 2.32. The van der Waals surface area contributed by atoms with Gasteiger partial charge in [0.15, 0.2) is 0 Å². The van der Waals surface area contributed by atoms with Crippen molar-refractivity contribution in [2.45, 2.75) is 20.8 Å². The summed E-state index contributed by atoms with van der Waals surface area (Å²) in [6.07, 6.45) is 1.67. The van der Waals surface area contributed by atoms with Gasteiger partial charge in [-0.15, -0.1) is 0 Å². The highest BCUT2D eigenvalue weighted by atomic mass is 35.5. The molecule has 31 heavy (non-hydrogen) atoms. The predicted octanol–water partition coefficient (Wildman–Crippen LogP) is 5.86. The lowest BCUT2D eigenvalue weighted by Crippen LogP contribution is -2.13. The molecule has 8 heteroatoms. The highest BCUT2D eigenvalue weighted by molar-refractivity contribution is 6.32. The minimum absolute atomic E-state index is 0.285. The number of aryl methyl sites for hydroxylation is 3. The van der Waals surface area contributed by atoms with Crippen LogP contribution in [0.5, 0.6) is 0 Å². The minimum Gasteiger partial charge on any atom is -0.466 e. The van der Waals surface area contributed by atoms with E-state index in [4.69, 9.17) is 20.5 Å². The summed E-state index contributed by atoms with van der Waals surface area (Å²) in [5, 5.41) is 8.83. The van der Waals surface area contributed by atoms with Crippen molar-refractivity contribution in [2.24, 2.45) is 0 Å². The summed E-state index contributed by atoms with van der Waals surface area (Å²) >= 11 is 6.26. The Balaban J connectivity index is 1.65. The summed E-state index contributed by atoms with van der Waals surface area (Å²) in [5.41, 5.74) is 3.77. The van der Waals surface area contributed by atoms with E-state index in [9.17, 15) is 4.79 Å². The van der Waals surface area contributed by atoms with Crippen molar-refractivity contribution in [3.63, 3.8) is 0 Å². The number of halogens is 1. The van der Waals surface area contributed by atoms with Crippen LogP contribution in [0.15, 0.2) is 51.5 Å². The first kappa shape index (κ1) is 19.3. The number of fused-ring (bicyclic) bond motifs is 2. The molecule has 0 aliphatic carbocycles. The van der Waals surface area contributed by atoms with Crippen molar-refractivity contribution in [1.29, 1.82) is 0 Å². The maximum absolute atomic E-state index is 13.4. The van der Waals surface area contributed by atoms with Gasteiger partial charge in [-0.1, -0.05) is 22.8 Å². The fourth-order valence-corrected chi connectivity index (χ4v) is 3.96. The maximum atomic E-state index is 13.4. The summed E-state index contributed by atoms with van der Waals surface area (Å²) in [6.45, 7) is 5.48. The van der Waals surface area contributed by atoms with E-state index in [0.29, 0.717) is 44.3 Å². The average molecular weight is 433 g/mol. The van der Waals surface area contributed by atoms with Crippen LogP contribution in [0.1, 0.15) is 27.6 Å². The molecule has 0 bridgehead atoms. The number of hydrogen-bond donors (Lipinski definition) is 1. The van der Waals surface area contributed by atoms with Gasteiger partial charge in [0.05, 0.1) is 33.5 Å². The van der Waals surface area contributed by atoms with Crippen molar-refractivity contribution in [3.8, 4) is 11.3 Å². The Labute approximate surface area is 182 Å². The van der Waals surface area contributed by atoms with Crippen LogP contribution in [0.25, 0.3) is 33.3 Å². The van der Waals surface area contributed by atoms with Gasteiger partial charge in [0.1, 0.15) is 11.5 Å². The second kappa shape index (κ2) is 7.21. The Morgan fingerprint density at radius 3 is 2.74 bits per heavy atom. The Hall–Kier alpha value is -3.71. The Bertz CT molecular complexity index is 1490. The van der Waals surface area contributed by atoms with E-state index in [1.54, 1.807) is 31.3 Å². The van der Waals surface area contributed by atoms with Crippen molar-refractivity contribution in [2.75, 3.05) is 5.32 Å². The predicted molar refractivity (Wildman–Crippen MR) is 118 cm³/mol. The molecule has 5 rings (SSSR count). The number of carbonyl (C=O) groups is 1. The molecule has 154 valence electrons. The molecular formula is C23H17ClN4O3. The maximum Gasteiger partial charge on any atom is 0.259 e. The zero-order valence-corrected chi connectivity index (χ0v) is 17.7. The molecule has 4 aromatic heterocycles. The quantitative estimate of drug-likeness (QED) is 0.383. The Kier molecular flexibility index (Phi) is 4.48. The molecule has 0 radical (unpaired) electrons. The molecule has 7 nitrogen and oxygen atoms in total. The fraction of sp³-hybridized carbons (Fsp3) is 0.130. The molecule has 0 unspecified atom stereocenters. The number of rotatable bonds is 3. The first-order valence-corrected chi connectivity index (χ1v) is 9.98. The van der Waals surface area contributed by atoms with Crippen LogP contribution in [0.3, 0.4) is 0 Å². The Morgan fingerprint density at radius 1 is 1.13 bits per heavy atom. The molecule has 0 atom stereocenters. The number of carbonyl (C=O) groups excluding carboxylic acids is 1. The normalized spacial score (nSPS) is 11.4. The smallest absolute Gasteiger partial charge is 0.259 e. The zero-order valence-electron chi connectivity index (χ0n) is 17.0. The molecule has 0 spiro atoms. The summed E-state index contributed by atoms with van der Waals surface area (Å²) in [7, 11) is 0. The SMILES string of the molecule is Cc1cc(-c2cc(C(=O)Nc3cc(Cl)cc4cccnc34)c3c(C)noc3n2)c(C)o1. The fourth-order valence-electron chi connectivity index (χ4n) is 3.74. The second-order valence-corrected chi connectivity index (χ2v) is 7.75. The van der Waals surface area contributed by atoms with Crippen LogP contribution in [-0.2, 0) is 0 Å². The molecule has 4 heterocycles. The molecule has 1 amide bonds. The van der Waals surface area contributed by atoms with E-state index in [1.165, 1.54) is 0 Å². The summed E-state index contributed by atoms with van der Waals surface area (Å²) in [4.78, 5) is 22.3. The van der Waals surface area contributed by atoms with Gasteiger partial charge in [0.25, 0.3) is 11.6 Å². The third kappa shape index (κ3) is 3.33. The molecule has 1 N–H and O–H groups in total. The first-order chi connectivity index (χ1) is 14.9. The number of benzene rings is 1. The number of nitrogens with zero attached hydrogens (tertiary/aromatic N) is 3.